The van der Waals surface area contributed by atoms with E-state index in [9.17, 15) is 9.90 Å². The number of benzene rings is 1. The quantitative estimate of drug-likeness (QED) is 0.781. The van der Waals surface area contributed by atoms with Crippen molar-refractivity contribution in [2.45, 2.75) is 51.7 Å². The van der Waals surface area contributed by atoms with E-state index in [-0.39, 0.29) is 24.1 Å². The monoisotopic (exact) mass is 290 g/mol. The van der Waals surface area contributed by atoms with E-state index in [1.165, 1.54) is 11.1 Å². The van der Waals surface area contributed by atoms with Crippen molar-refractivity contribution in [2.24, 2.45) is 5.92 Å². The third-order valence-electron chi connectivity index (χ3n) is 4.17. The van der Waals surface area contributed by atoms with Crippen molar-refractivity contribution < 1.29 is 9.90 Å². The summed E-state index contributed by atoms with van der Waals surface area (Å²) in [6.07, 6.45) is 3.41. The van der Waals surface area contributed by atoms with Crippen LogP contribution in [-0.4, -0.2) is 23.8 Å². The average Bonchev–Trinajstić information content (AvgIpc) is 2.47. The highest BCUT2D eigenvalue weighted by molar-refractivity contribution is 5.74. The third kappa shape index (κ3) is 4.46. The molecule has 0 saturated carbocycles. The fourth-order valence-corrected chi connectivity index (χ4v) is 2.78. The lowest BCUT2D eigenvalue weighted by Gasteiger charge is -2.26. The molecule has 4 heteroatoms. The molecule has 1 aromatic rings. The lowest BCUT2D eigenvalue weighted by Crippen LogP contribution is -2.40. The molecule has 2 rings (SSSR count). The Bertz CT molecular complexity index is 474. The molecule has 0 fully saturated rings. The number of rotatable bonds is 5. The van der Waals surface area contributed by atoms with Gasteiger partial charge in [0, 0.05) is 6.54 Å². The Morgan fingerprint density at radius 1 is 1.38 bits per heavy atom. The van der Waals surface area contributed by atoms with Crippen molar-refractivity contribution in [3.05, 3.63) is 35.4 Å². The third-order valence-corrected chi connectivity index (χ3v) is 4.17. The highest BCUT2D eigenvalue weighted by atomic mass is 16.3. The summed E-state index contributed by atoms with van der Waals surface area (Å²) in [5.41, 5.74) is 2.57. The Morgan fingerprint density at radius 2 is 2.14 bits per heavy atom. The van der Waals surface area contributed by atoms with E-state index in [4.69, 9.17) is 0 Å². The van der Waals surface area contributed by atoms with Gasteiger partial charge in [0.25, 0.3) is 0 Å². The lowest BCUT2D eigenvalue weighted by molar-refractivity contribution is 0.116. The van der Waals surface area contributed by atoms with Crippen molar-refractivity contribution in [3.8, 4) is 0 Å². The molecule has 3 N–H and O–H groups in total. The highest BCUT2D eigenvalue weighted by Crippen LogP contribution is 2.29. The zero-order valence-electron chi connectivity index (χ0n) is 12.9. The predicted octanol–water partition coefficient (Wildman–Crippen LogP) is 2.77. The van der Waals surface area contributed by atoms with E-state index in [0.717, 1.165) is 19.3 Å². The van der Waals surface area contributed by atoms with Crippen LogP contribution in [0.15, 0.2) is 24.3 Å². The summed E-state index contributed by atoms with van der Waals surface area (Å²) in [7, 11) is 0. The molecule has 2 unspecified atom stereocenters. The van der Waals surface area contributed by atoms with Gasteiger partial charge in [0.05, 0.1) is 12.1 Å². The minimum absolute atomic E-state index is 0.102. The first-order valence-electron chi connectivity index (χ1n) is 7.88. The van der Waals surface area contributed by atoms with Gasteiger partial charge in [-0.2, -0.15) is 0 Å². The Hall–Kier alpha value is -1.55. The summed E-state index contributed by atoms with van der Waals surface area (Å²) in [5.74, 6) is 0.222. The number of aliphatic hydroxyl groups is 1. The van der Waals surface area contributed by atoms with Crippen LogP contribution in [-0.2, 0) is 6.42 Å². The first-order valence-corrected chi connectivity index (χ1v) is 7.88. The van der Waals surface area contributed by atoms with Gasteiger partial charge in [-0.15, -0.1) is 0 Å². The second-order valence-corrected chi connectivity index (χ2v) is 6.14. The lowest BCUT2D eigenvalue weighted by atomic mass is 9.88. The van der Waals surface area contributed by atoms with E-state index in [2.05, 4.69) is 28.8 Å². The van der Waals surface area contributed by atoms with Gasteiger partial charge in [-0.25, -0.2) is 4.79 Å². The second-order valence-electron chi connectivity index (χ2n) is 6.14. The van der Waals surface area contributed by atoms with Gasteiger partial charge >= 0.3 is 6.03 Å². The average molecular weight is 290 g/mol. The van der Waals surface area contributed by atoms with Crippen LogP contribution in [0.1, 0.15) is 50.3 Å². The summed E-state index contributed by atoms with van der Waals surface area (Å²) in [6.45, 7) is 4.45. The van der Waals surface area contributed by atoms with E-state index in [0.29, 0.717) is 13.0 Å². The summed E-state index contributed by atoms with van der Waals surface area (Å²) in [5, 5.41) is 15.6. The van der Waals surface area contributed by atoms with Crippen LogP contribution in [0.25, 0.3) is 0 Å². The number of aliphatic hydroxyl groups excluding tert-OH is 1. The fraction of sp³-hybridized carbons (Fsp3) is 0.588. The molecule has 1 aliphatic carbocycles. The number of aryl methyl sites for hydroxylation is 1. The number of carbonyl (C=O) groups excluding carboxylic acids is 1. The van der Waals surface area contributed by atoms with Gasteiger partial charge in [0.1, 0.15) is 0 Å². The van der Waals surface area contributed by atoms with Gasteiger partial charge in [0.2, 0.25) is 0 Å². The molecule has 0 heterocycles. The van der Waals surface area contributed by atoms with Crippen LogP contribution < -0.4 is 10.6 Å². The molecule has 0 aliphatic heterocycles. The molecule has 2 atom stereocenters. The Morgan fingerprint density at radius 3 is 2.90 bits per heavy atom. The number of urea groups is 1. The standard InChI is InChI=1S/C17H26N2O2/c1-12(2)16(20)10-11-18-17(21)19-15-9-5-7-13-6-3-4-8-14(13)15/h3-4,6,8,12,15-16,20H,5,7,9-11H2,1-2H3,(H2,18,19,21). The molecular weight excluding hydrogens is 264 g/mol. The summed E-state index contributed by atoms with van der Waals surface area (Å²) >= 11 is 0. The first kappa shape index (κ1) is 15.8. The van der Waals surface area contributed by atoms with Gasteiger partial charge in [-0.05, 0) is 42.7 Å². The minimum atomic E-state index is -0.360. The van der Waals surface area contributed by atoms with Crippen molar-refractivity contribution in [2.75, 3.05) is 6.54 Å². The SMILES string of the molecule is CC(C)C(O)CCNC(=O)NC1CCCc2ccccc21. The molecule has 0 bridgehead atoms. The fourth-order valence-electron chi connectivity index (χ4n) is 2.78. The Labute approximate surface area is 126 Å². The van der Waals surface area contributed by atoms with Gasteiger partial charge < -0.3 is 15.7 Å². The van der Waals surface area contributed by atoms with Crippen molar-refractivity contribution in [3.63, 3.8) is 0 Å². The number of amides is 2. The molecule has 0 saturated heterocycles. The maximum atomic E-state index is 12.0. The van der Waals surface area contributed by atoms with Gasteiger partial charge in [-0.3, -0.25) is 0 Å². The zero-order chi connectivity index (χ0) is 15.2. The van der Waals surface area contributed by atoms with Crippen LogP contribution in [0.5, 0.6) is 0 Å². The number of carbonyl (C=O) groups is 1. The predicted molar refractivity (Wildman–Crippen MR) is 84.1 cm³/mol. The van der Waals surface area contributed by atoms with Gasteiger partial charge in [-0.1, -0.05) is 38.1 Å². The molecule has 0 aromatic heterocycles. The zero-order valence-corrected chi connectivity index (χ0v) is 12.9. The molecule has 4 nitrogen and oxygen atoms in total. The molecular formula is C17H26N2O2. The van der Waals surface area contributed by atoms with E-state index in [1.54, 1.807) is 0 Å². The topological polar surface area (TPSA) is 61.4 Å². The smallest absolute Gasteiger partial charge is 0.315 e. The Kier molecular flexibility index (Phi) is 5.62. The summed E-state index contributed by atoms with van der Waals surface area (Å²) < 4.78 is 0. The minimum Gasteiger partial charge on any atom is -0.393 e. The first-order chi connectivity index (χ1) is 10.1. The van der Waals surface area contributed by atoms with Crippen LogP contribution in [0.3, 0.4) is 0 Å². The van der Waals surface area contributed by atoms with Crippen LogP contribution >= 0.6 is 0 Å². The van der Waals surface area contributed by atoms with Crippen LogP contribution in [0.2, 0.25) is 0 Å². The Balaban J connectivity index is 1.81. The highest BCUT2D eigenvalue weighted by Gasteiger charge is 2.21. The molecule has 21 heavy (non-hydrogen) atoms. The molecule has 2 amide bonds. The normalized spacial score (nSPS) is 19.0. The van der Waals surface area contributed by atoms with Crippen molar-refractivity contribution in [1.82, 2.24) is 10.6 Å². The van der Waals surface area contributed by atoms with Gasteiger partial charge in [0.15, 0.2) is 0 Å². The molecule has 0 spiro atoms. The van der Waals surface area contributed by atoms with Crippen molar-refractivity contribution >= 4 is 6.03 Å². The number of fused-ring (bicyclic) bond motifs is 1. The largest absolute Gasteiger partial charge is 0.393 e. The van der Waals surface area contributed by atoms with Crippen LogP contribution in [0.4, 0.5) is 4.79 Å². The maximum absolute atomic E-state index is 12.0. The van der Waals surface area contributed by atoms with Crippen molar-refractivity contribution in [1.29, 1.82) is 0 Å². The summed E-state index contributed by atoms with van der Waals surface area (Å²) in [6, 6.07) is 8.27. The van der Waals surface area contributed by atoms with E-state index >= 15 is 0 Å². The molecule has 1 aromatic carbocycles. The molecule has 1 aliphatic rings. The number of hydrogen-bond donors (Lipinski definition) is 3. The molecule has 0 radical (unpaired) electrons. The summed E-state index contributed by atoms with van der Waals surface area (Å²) in [4.78, 5) is 12.0. The number of nitrogens with one attached hydrogen (secondary N) is 2. The van der Waals surface area contributed by atoms with E-state index in [1.807, 2.05) is 19.9 Å². The second kappa shape index (κ2) is 7.46. The number of hydrogen-bond acceptors (Lipinski definition) is 2. The molecule has 116 valence electrons. The maximum Gasteiger partial charge on any atom is 0.315 e. The van der Waals surface area contributed by atoms with Crippen LogP contribution in [0, 0.1) is 5.92 Å². The van der Waals surface area contributed by atoms with E-state index < -0.39 is 0 Å².